The van der Waals surface area contributed by atoms with E-state index in [2.05, 4.69) is 15.5 Å². The number of hydrogen-bond donors (Lipinski definition) is 1. The number of thiazole rings is 1. The zero-order valence-electron chi connectivity index (χ0n) is 11.6. The molecule has 1 atom stereocenters. The minimum atomic E-state index is -0.120. The highest BCUT2D eigenvalue weighted by Crippen LogP contribution is 2.23. The molecular formula is C13H16N4O3S. The van der Waals surface area contributed by atoms with Crippen LogP contribution < -0.4 is 5.32 Å². The molecule has 1 fully saturated rings. The molecule has 21 heavy (non-hydrogen) atoms. The van der Waals surface area contributed by atoms with Crippen LogP contribution in [0, 0.1) is 6.92 Å². The topological polar surface area (TPSA) is 80.5 Å². The lowest BCUT2D eigenvalue weighted by Gasteiger charge is -2.31. The largest absolute Gasteiger partial charge is 0.368 e. The van der Waals surface area contributed by atoms with Crippen LogP contribution in [0.4, 0.5) is 5.88 Å². The molecule has 0 bridgehead atoms. The van der Waals surface area contributed by atoms with Crippen LogP contribution in [0.15, 0.2) is 22.2 Å². The van der Waals surface area contributed by atoms with Crippen LogP contribution in [-0.2, 0) is 9.53 Å². The Hall–Kier alpha value is -1.77. The van der Waals surface area contributed by atoms with E-state index in [1.807, 2.05) is 10.3 Å². The summed E-state index contributed by atoms with van der Waals surface area (Å²) in [5.41, 5.74) is 0.737. The lowest BCUT2D eigenvalue weighted by Crippen LogP contribution is -2.42. The van der Waals surface area contributed by atoms with Crippen molar-refractivity contribution in [3.63, 3.8) is 0 Å². The van der Waals surface area contributed by atoms with Gasteiger partial charge >= 0.3 is 0 Å². The predicted octanol–water partition coefficient (Wildman–Crippen LogP) is 1.45. The number of ether oxygens (including phenoxy) is 1. The van der Waals surface area contributed by atoms with E-state index in [1.54, 1.807) is 30.5 Å². The van der Waals surface area contributed by atoms with Crippen LogP contribution in [0.2, 0.25) is 0 Å². The van der Waals surface area contributed by atoms with Crippen molar-refractivity contribution >= 4 is 23.1 Å². The van der Waals surface area contributed by atoms with Crippen LogP contribution in [0.3, 0.4) is 0 Å². The lowest BCUT2D eigenvalue weighted by atomic mass is 10.3. The number of carbonyl (C=O) groups is 1. The van der Waals surface area contributed by atoms with Crippen molar-refractivity contribution in [3.8, 4) is 0 Å². The zero-order chi connectivity index (χ0) is 14.7. The summed E-state index contributed by atoms with van der Waals surface area (Å²) in [6, 6.07) is 1.69. The van der Waals surface area contributed by atoms with Crippen LogP contribution in [0.1, 0.15) is 16.8 Å². The number of morpholine rings is 1. The summed E-state index contributed by atoms with van der Waals surface area (Å²) in [6.45, 7) is 4.09. The molecule has 0 spiro atoms. The molecule has 0 saturated carbocycles. The number of amides is 1. The fourth-order valence-corrected chi connectivity index (χ4v) is 2.87. The monoisotopic (exact) mass is 308 g/mol. The zero-order valence-corrected chi connectivity index (χ0v) is 12.4. The standard InChI is InChI=1S/C13H16N4O3S/c1-9-6-12(20-16-9)15-11(18)8-17-3-4-19-10(7-17)13-14-2-5-21-13/h2,5-6,10H,3-4,7-8H2,1H3,(H,15,18)/t10-/m0/s1. The van der Waals surface area contributed by atoms with Gasteiger partial charge in [-0.3, -0.25) is 15.0 Å². The van der Waals surface area contributed by atoms with Gasteiger partial charge < -0.3 is 9.26 Å². The maximum absolute atomic E-state index is 12.0. The molecule has 7 nitrogen and oxygen atoms in total. The summed E-state index contributed by atoms with van der Waals surface area (Å²) >= 11 is 1.57. The van der Waals surface area contributed by atoms with Crippen molar-refractivity contribution in [2.24, 2.45) is 0 Å². The van der Waals surface area contributed by atoms with Crippen LogP contribution in [0.5, 0.6) is 0 Å². The van der Waals surface area contributed by atoms with Crippen molar-refractivity contribution < 1.29 is 14.1 Å². The van der Waals surface area contributed by atoms with Gasteiger partial charge in [-0.15, -0.1) is 11.3 Å². The first-order chi connectivity index (χ1) is 10.2. The van der Waals surface area contributed by atoms with Gasteiger partial charge in [0.1, 0.15) is 11.1 Å². The fourth-order valence-electron chi connectivity index (χ4n) is 2.19. The highest BCUT2D eigenvalue weighted by atomic mass is 32.1. The van der Waals surface area contributed by atoms with Gasteiger partial charge in [-0.1, -0.05) is 5.16 Å². The Morgan fingerprint density at radius 2 is 2.52 bits per heavy atom. The summed E-state index contributed by atoms with van der Waals surface area (Å²) < 4.78 is 10.7. The van der Waals surface area contributed by atoms with Crippen LogP contribution in [-0.4, -0.2) is 47.2 Å². The van der Waals surface area contributed by atoms with Crippen molar-refractivity contribution in [2.45, 2.75) is 13.0 Å². The molecule has 112 valence electrons. The molecule has 0 radical (unpaired) electrons. The maximum Gasteiger partial charge on any atom is 0.240 e. The number of rotatable bonds is 4. The van der Waals surface area contributed by atoms with Gasteiger partial charge in [-0.25, -0.2) is 4.98 Å². The highest BCUT2D eigenvalue weighted by molar-refractivity contribution is 7.09. The molecule has 2 aromatic heterocycles. The van der Waals surface area contributed by atoms with E-state index in [-0.39, 0.29) is 12.0 Å². The normalized spacial score (nSPS) is 19.6. The minimum Gasteiger partial charge on any atom is -0.368 e. The molecule has 3 heterocycles. The van der Waals surface area contributed by atoms with Crippen molar-refractivity contribution in [1.82, 2.24) is 15.0 Å². The number of anilines is 1. The number of nitrogens with zero attached hydrogens (tertiary/aromatic N) is 3. The minimum absolute atomic E-state index is 0.0564. The van der Waals surface area contributed by atoms with Gasteiger partial charge in [-0.05, 0) is 6.92 Å². The molecule has 3 rings (SSSR count). The summed E-state index contributed by atoms with van der Waals surface area (Å²) in [5, 5.41) is 9.31. The molecule has 1 aliphatic heterocycles. The lowest BCUT2D eigenvalue weighted by molar-refractivity contribution is -0.119. The summed E-state index contributed by atoms with van der Waals surface area (Å²) in [7, 11) is 0. The van der Waals surface area contributed by atoms with Crippen molar-refractivity contribution in [2.75, 3.05) is 31.6 Å². The average molecular weight is 308 g/mol. The molecular weight excluding hydrogens is 292 g/mol. The number of hydrogen-bond acceptors (Lipinski definition) is 7. The Bertz CT molecular complexity index is 598. The Morgan fingerprint density at radius 1 is 1.62 bits per heavy atom. The van der Waals surface area contributed by atoms with E-state index in [4.69, 9.17) is 9.26 Å². The van der Waals surface area contributed by atoms with E-state index >= 15 is 0 Å². The average Bonchev–Trinajstić information content (AvgIpc) is 3.11. The van der Waals surface area contributed by atoms with Crippen molar-refractivity contribution in [1.29, 1.82) is 0 Å². The van der Waals surface area contributed by atoms with Gasteiger partial charge in [0.15, 0.2) is 0 Å². The number of nitrogens with one attached hydrogen (secondary N) is 1. The third-order valence-corrected chi connectivity index (χ3v) is 4.00. The second-order valence-corrected chi connectivity index (χ2v) is 5.77. The van der Waals surface area contributed by atoms with Crippen molar-refractivity contribution in [3.05, 3.63) is 28.3 Å². The fraction of sp³-hybridized carbons (Fsp3) is 0.462. The Morgan fingerprint density at radius 3 is 3.24 bits per heavy atom. The quantitative estimate of drug-likeness (QED) is 0.921. The molecule has 0 unspecified atom stereocenters. The van der Waals surface area contributed by atoms with Gasteiger partial charge in [0.2, 0.25) is 11.8 Å². The van der Waals surface area contributed by atoms with E-state index in [1.165, 1.54) is 0 Å². The maximum atomic E-state index is 12.0. The third-order valence-electron chi connectivity index (χ3n) is 3.14. The van der Waals surface area contributed by atoms with Crippen LogP contribution in [0.25, 0.3) is 0 Å². The SMILES string of the molecule is Cc1cc(NC(=O)CN2CCO[C@H](c3nccs3)C2)on1. The molecule has 2 aromatic rings. The third kappa shape index (κ3) is 3.66. The molecule has 1 saturated heterocycles. The molecule has 1 N–H and O–H groups in total. The molecule has 1 aliphatic rings. The van der Waals surface area contributed by atoms with Gasteiger partial charge in [0.25, 0.3) is 0 Å². The first-order valence-corrected chi connectivity index (χ1v) is 7.55. The summed E-state index contributed by atoms with van der Waals surface area (Å²) in [4.78, 5) is 18.3. The Balaban J connectivity index is 1.53. The van der Waals surface area contributed by atoms with E-state index in [0.717, 1.165) is 17.2 Å². The smallest absolute Gasteiger partial charge is 0.240 e. The van der Waals surface area contributed by atoms with Gasteiger partial charge in [0.05, 0.1) is 18.8 Å². The summed E-state index contributed by atoms with van der Waals surface area (Å²) in [5.74, 6) is 0.258. The van der Waals surface area contributed by atoms with Gasteiger partial charge in [-0.2, -0.15) is 0 Å². The second kappa shape index (κ2) is 6.33. The Labute approximate surface area is 125 Å². The number of aryl methyl sites for hydroxylation is 1. The first-order valence-electron chi connectivity index (χ1n) is 6.67. The molecule has 0 aliphatic carbocycles. The van der Waals surface area contributed by atoms with Gasteiger partial charge in [0, 0.05) is 30.7 Å². The molecule has 8 heteroatoms. The number of carbonyl (C=O) groups excluding carboxylic acids is 1. The van der Waals surface area contributed by atoms with Crippen LogP contribution >= 0.6 is 11.3 Å². The van der Waals surface area contributed by atoms with E-state index in [0.29, 0.717) is 25.6 Å². The molecule has 0 aromatic carbocycles. The molecule has 1 amide bonds. The highest BCUT2D eigenvalue weighted by Gasteiger charge is 2.25. The summed E-state index contributed by atoms with van der Waals surface area (Å²) in [6.07, 6.45) is 1.71. The first kappa shape index (κ1) is 14.2. The second-order valence-electron chi connectivity index (χ2n) is 4.85. The van der Waals surface area contributed by atoms with E-state index < -0.39 is 0 Å². The van der Waals surface area contributed by atoms with E-state index in [9.17, 15) is 4.79 Å². The number of aromatic nitrogens is 2. The Kier molecular flexibility index (Phi) is 4.28. The predicted molar refractivity (Wildman–Crippen MR) is 77.1 cm³/mol.